The highest BCUT2D eigenvalue weighted by molar-refractivity contribution is 7.99. The maximum atomic E-state index is 12.1. The summed E-state index contributed by atoms with van der Waals surface area (Å²) in [7, 11) is 0. The summed E-state index contributed by atoms with van der Waals surface area (Å²) in [5.41, 5.74) is 2.41. The second kappa shape index (κ2) is 7.35. The summed E-state index contributed by atoms with van der Waals surface area (Å²) in [6.45, 7) is 2.37. The zero-order chi connectivity index (χ0) is 17.9. The van der Waals surface area contributed by atoms with E-state index in [1.54, 1.807) is 6.26 Å². The first-order valence-electron chi connectivity index (χ1n) is 7.94. The number of fused-ring (bicyclic) bond motifs is 1. The lowest BCUT2D eigenvalue weighted by atomic mass is 10.3. The Morgan fingerprint density at radius 3 is 2.92 bits per heavy atom. The van der Waals surface area contributed by atoms with E-state index in [1.807, 2.05) is 43.3 Å². The summed E-state index contributed by atoms with van der Waals surface area (Å²) in [5.74, 6) is 0.905. The number of aromatic nitrogens is 2. The van der Waals surface area contributed by atoms with Crippen LogP contribution in [0.4, 0.5) is 0 Å². The van der Waals surface area contributed by atoms with E-state index < -0.39 is 0 Å². The number of nitrogens with one attached hydrogen (secondary N) is 1. The Morgan fingerprint density at radius 2 is 2.12 bits per heavy atom. The molecule has 0 radical (unpaired) electrons. The summed E-state index contributed by atoms with van der Waals surface area (Å²) >= 11 is 2.80. The third kappa shape index (κ3) is 3.66. The van der Waals surface area contributed by atoms with Crippen molar-refractivity contribution in [3.05, 3.63) is 53.2 Å². The number of para-hydroxylation sites is 2. The molecule has 0 fully saturated rings. The topological polar surface area (TPSA) is 81.2 Å². The lowest BCUT2D eigenvalue weighted by molar-refractivity contribution is -0.118. The molecule has 8 heteroatoms. The second-order valence-corrected chi connectivity index (χ2v) is 7.53. The van der Waals surface area contributed by atoms with Gasteiger partial charge in [0.05, 0.1) is 24.3 Å². The largest absolute Gasteiger partial charge is 0.462 e. The van der Waals surface area contributed by atoms with Crippen LogP contribution in [0.2, 0.25) is 0 Å². The molecule has 0 bridgehead atoms. The Labute approximate surface area is 157 Å². The Balaban J connectivity index is 1.32. The molecular formula is C18H15N3O3S2. The maximum Gasteiger partial charge on any atom is 0.257 e. The minimum absolute atomic E-state index is 0.0791. The van der Waals surface area contributed by atoms with Crippen LogP contribution in [0.15, 0.2) is 56.7 Å². The Hall–Kier alpha value is -2.58. The molecule has 0 aliphatic rings. The van der Waals surface area contributed by atoms with Crippen LogP contribution in [-0.4, -0.2) is 21.6 Å². The average Bonchev–Trinajstić information content (AvgIpc) is 3.37. The van der Waals surface area contributed by atoms with E-state index in [-0.39, 0.29) is 11.7 Å². The van der Waals surface area contributed by atoms with Crippen molar-refractivity contribution < 1.29 is 13.6 Å². The highest BCUT2D eigenvalue weighted by Crippen LogP contribution is 2.28. The minimum Gasteiger partial charge on any atom is -0.462 e. The Kier molecular flexibility index (Phi) is 4.77. The van der Waals surface area contributed by atoms with Gasteiger partial charge in [0, 0.05) is 4.88 Å². The molecule has 0 saturated carbocycles. The highest BCUT2D eigenvalue weighted by atomic mass is 32.2. The first-order chi connectivity index (χ1) is 12.7. The van der Waals surface area contributed by atoms with Crippen molar-refractivity contribution in [3.8, 4) is 10.8 Å². The van der Waals surface area contributed by atoms with Crippen molar-refractivity contribution in [1.82, 2.24) is 15.3 Å². The Morgan fingerprint density at radius 1 is 1.23 bits per heavy atom. The molecule has 0 spiro atoms. The predicted octanol–water partition coefficient (Wildman–Crippen LogP) is 4.26. The number of thiazole rings is 1. The van der Waals surface area contributed by atoms with Crippen LogP contribution in [-0.2, 0) is 11.3 Å². The van der Waals surface area contributed by atoms with Gasteiger partial charge in [-0.3, -0.25) is 4.79 Å². The highest BCUT2D eigenvalue weighted by Gasteiger charge is 2.13. The standard InChI is InChI=1S/C18H15N3O3S2/c1-11-15(26-17(20-11)14-7-4-8-23-14)9-19-16(22)10-25-18-21-12-5-2-3-6-13(12)24-18/h2-8H,9-10H2,1H3,(H,19,22). The fourth-order valence-electron chi connectivity index (χ4n) is 2.37. The quantitative estimate of drug-likeness (QED) is 0.500. The molecule has 26 heavy (non-hydrogen) atoms. The molecule has 0 unspecified atom stereocenters. The van der Waals surface area contributed by atoms with E-state index in [0.717, 1.165) is 32.4 Å². The molecule has 0 atom stereocenters. The summed E-state index contributed by atoms with van der Waals surface area (Å²) in [6.07, 6.45) is 1.62. The van der Waals surface area contributed by atoms with Crippen LogP contribution >= 0.6 is 23.1 Å². The first kappa shape index (κ1) is 16.9. The third-order valence-corrected chi connectivity index (χ3v) is 5.67. The van der Waals surface area contributed by atoms with E-state index in [2.05, 4.69) is 15.3 Å². The summed E-state index contributed by atoms with van der Waals surface area (Å²) in [6, 6.07) is 11.2. The van der Waals surface area contributed by atoms with Crippen molar-refractivity contribution in [1.29, 1.82) is 0 Å². The summed E-state index contributed by atoms with van der Waals surface area (Å²) in [4.78, 5) is 22.0. The third-order valence-electron chi connectivity index (χ3n) is 3.67. The molecule has 0 saturated heterocycles. The number of hydrogen-bond acceptors (Lipinski definition) is 7. The SMILES string of the molecule is Cc1nc(-c2ccco2)sc1CNC(=O)CSc1nc2ccccc2o1. The van der Waals surface area contributed by atoms with E-state index in [9.17, 15) is 4.79 Å². The number of thioether (sulfide) groups is 1. The number of carbonyl (C=O) groups excluding carboxylic acids is 1. The van der Waals surface area contributed by atoms with Crippen molar-refractivity contribution in [2.24, 2.45) is 0 Å². The maximum absolute atomic E-state index is 12.1. The number of nitrogens with zero attached hydrogens (tertiary/aromatic N) is 2. The van der Waals surface area contributed by atoms with E-state index in [0.29, 0.717) is 11.8 Å². The number of furan rings is 1. The van der Waals surface area contributed by atoms with E-state index in [1.165, 1.54) is 23.1 Å². The van der Waals surface area contributed by atoms with Gasteiger partial charge in [0.15, 0.2) is 16.4 Å². The number of benzene rings is 1. The van der Waals surface area contributed by atoms with E-state index in [4.69, 9.17) is 8.83 Å². The fraction of sp³-hybridized carbons (Fsp3) is 0.167. The minimum atomic E-state index is -0.0791. The molecule has 132 valence electrons. The van der Waals surface area contributed by atoms with Gasteiger partial charge < -0.3 is 14.2 Å². The predicted molar refractivity (Wildman–Crippen MR) is 101 cm³/mol. The number of amides is 1. The van der Waals surface area contributed by atoms with Gasteiger partial charge in [0.25, 0.3) is 5.22 Å². The van der Waals surface area contributed by atoms with Crippen LogP contribution in [0.3, 0.4) is 0 Å². The zero-order valence-electron chi connectivity index (χ0n) is 13.9. The van der Waals surface area contributed by atoms with Gasteiger partial charge in [-0.05, 0) is 31.2 Å². The second-order valence-electron chi connectivity index (χ2n) is 5.52. The van der Waals surface area contributed by atoms with Gasteiger partial charge in [-0.15, -0.1) is 11.3 Å². The van der Waals surface area contributed by atoms with E-state index >= 15 is 0 Å². The number of rotatable bonds is 6. The normalized spacial score (nSPS) is 11.1. The molecule has 3 aromatic heterocycles. The lowest BCUT2D eigenvalue weighted by Gasteiger charge is -2.02. The number of oxazole rings is 1. The van der Waals surface area contributed by atoms with Crippen molar-refractivity contribution in [2.75, 3.05) is 5.75 Å². The smallest absolute Gasteiger partial charge is 0.257 e. The van der Waals surface area contributed by atoms with Gasteiger partial charge >= 0.3 is 0 Å². The molecule has 1 N–H and O–H groups in total. The van der Waals surface area contributed by atoms with Crippen LogP contribution in [0.1, 0.15) is 10.6 Å². The van der Waals surface area contributed by atoms with Crippen molar-refractivity contribution in [3.63, 3.8) is 0 Å². The molecular weight excluding hydrogens is 370 g/mol. The van der Waals surface area contributed by atoms with Gasteiger partial charge in [-0.1, -0.05) is 23.9 Å². The van der Waals surface area contributed by atoms with Crippen LogP contribution in [0, 0.1) is 6.92 Å². The van der Waals surface area contributed by atoms with Gasteiger partial charge in [0.1, 0.15) is 5.52 Å². The summed E-state index contributed by atoms with van der Waals surface area (Å²) in [5, 5.41) is 4.23. The van der Waals surface area contributed by atoms with Crippen LogP contribution in [0.5, 0.6) is 0 Å². The van der Waals surface area contributed by atoms with Crippen LogP contribution in [0.25, 0.3) is 21.9 Å². The van der Waals surface area contributed by atoms with Crippen LogP contribution < -0.4 is 5.32 Å². The number of hydrogen-bond donors (Lipinski definition) is 1. The molecule has 0 aliphatic heterocycles. The molecule has 6 nitrogen and oxygen atoms in total. The fourth-order valence-corrected chi connectivity index (χ4v) is 4.01. The van der Waals surface area contributed by atoms with Gasteiger partial charge in [0.2, 0.25) is 5.91 Å². The summed E-state index contributed by atoms with van der Waals surface area (Å²) < 4.78 is 11.0. The van der Waals surface area contributed by atoms with Crippen molar-refractivity contribution >= 4 is 40.1 Å². The number of carbonyl (C=O) groups is 1. The monoisotopic (exact) mass is 385 g/mol. The molecule has 0 aliphatic carbocycles. The average molecular weight is 385 g/mol. The van der Waals surface area contributed by atoms with Gasteiger partial charge in [-0.25, -0.2) is 9.97 Å². The first-order valence-corrected chi connectivity index (χ1v) is 9.74. The van der Waals surface area contributed by atoms with Crippen molar-refractivity contribution in [2.45, 2.75) is 18.7 Å². The molecule has 1 aromatic carbocycles. The molecule has 1 amide bonds. The zero-order valence-corrected chi connectivity index (χ0v) is 15.5. The molecule has 3 heterocycles. The molecule has 4 aromatic rings. The Bertz CT molecular complexity index is 1000. The molecule has 4 rings (SSSR count). The van der Waals surface area contributed by atoms with Gasteiger partial charge in [-0.2, -0.15) is 0 Å². The number of aryl methyl sites for hydroxylation is 1. The lowest BCUT2D eigenvalue weighted by Crippen LogP contribution is -2.24.